The van der Waals surface area contributed by atoms with Gasteiger partial charge in [0.25, 0.3) is 0 Å². The van der Waals surface area contributed by atoms with Gasteiger partial charge in [-0.2, -0.15) is 0 Å². The van der Waals surface area contributed by atoms with Crippen molar-refractivity contribution >= 4 is 11.0 Å². The summed E-state index contributed by atoms with van der Waals surface area (Å²) in [5.41, 5.74) is 2.51. The van der Waals surface area contributed by atoms with Gasteiger partial charge in [-0.05, 0) is 45.9 Å². The molecule has 0 spiro atoms. The molecule has 0 aliphatic carbocycles. The van der Waals surface area contributed by atoms with Crippen molar-refractivity contribution in [2.75, 3.05) is 6.54 Å². The normalized spacial score (nSPS) is 12.2. The molecule has 1 heterocycles. The molecule has 1 aromatic heterocycles. The molecule has 0 amide bonds. The van der Waals surface area contributed by atoms with E-state index in [-0.39, 0.29) is 5.54 Å². The lowest BCUT2D eigenvalue weighted by Crippen LogP contribution is -2.36. The molecule has 3 heteroatoms. The number of benzene rings is 1. The maximum absolute atomic E-state index is 4.39. The molecule has 0 aliphatic rings. The van der Waals surface area contributed by atoms with Crippen LogP contribution in [0.15, 0.2) is 30.6 Å². The Morgan fingerprint density at radius 2 is 2.00 bits per heavy atom. The van der Waals surface area contributed by atoms with E-state index in [9.17, 15) is 0 Å². The van der Waals surface area contributed by atoms with Gasteiger partial charge in [0.2, 0.25) is 0 Å². The third-order valence-corrected chi connectivity index (χ3v) is 2.76. The van der Waals surface area contributed by atoms with Gasteiger partial charge in [0, 0.05) is 12.1 Å². The molecule has 1 aromatic carbocycles. The number of fused-ring (bicyclic) bond motifs is 1. The summed E-state index contributed by atoms with van der Waals surface area (Å²) in [5.74, 6) is 0. The highest BCUT2D eigenvalue weighted by molar-refractivity contribution is 5.74. The molecule has 92 valence electrons. The Morgan fingerprint density at radius 1 is 1.24 bits per heavy atom. The lowest BCUT2D eigenvalue weighted by atomic mass is 10.1. The number of hydrogen-bond donors (Lipinski definition) is 1. The molecule has 2 rings (SSSR count). The molecular weight excluding hydrogens is 210 g/mol. The fraction of sp³-hybridized carbons (Fsp3) is 0.500. The standard InChI is InChI=1S/C14H21N3/c1-14(2,3)16-9-6-10-17-11-15-12-7-4-5-8-13(12)17/h4-5,7-8,11,16H,6,9-10H2,1-3H3. The third-order valence-electron chi connectivity index (χ3n) is 2.76. The Balaban J connectivity index is 1.91. The Hall–Kier alpha value is -1.35. The first-order valence-corrected chi connectivity index (χ1v) is 6.21. The second-order valence-corrected chi connectivity index (χ2v) is 5.46. The predicted octanol–water partition coefficient (Wildman–Crippen LogP) is 2.81. The molecule has 3 nitrogen and oxygen atoms in total. The topological polar surface area (TPSA) is 29.9 Å². The summed E-state index contributed by atoms with van der Waals surface area (Å²) < 4.78 is 2.22. The van der Waals surface area contributed by atoms with Gasteiger partial charge in [0.05, 0.1) is 17.4 Å². The van der Waals surface area contributed by atoms with Gasteiger partial charge in [-0.1, -0.05) is 12.1 Å². The molecule has 0 saturated carbocycles. The summed E-state index contributed by atoms with van der Waals surface area (Å²) in [6, 6.07) is 8.27. The molecule has 0 saturated heterocycles. The molecule has 0 bridgehead atoms. The third kappa shape index (κ3) is 3.30. The zero-order valence-corrected chi connectivity index (χ0v) is 10.9. The van der Waals surface area contributed by atoms with E-state index in [0.717, 1.165) is 25.0 Å². The van der Waals surface area contributed by atoms with Crippen molar-refractivity contribution < 1.29 is 0 Å². The molecule has 2 aromatic rings. The highest BCUT2D eigenvalue weighted by Gasteiger charge is 2.07. The van der Waals surface area contributed by atoms with E-state index in [1.165, 1.54) is 5.52 Å². The van der Waals surface area contributed by atoms with E-state index >= 15 is 0 Å². The van der Waals surface area contributed by atoms with Gasteiger partial charge in [-0.25, -0.2) is 4.98 Å². The quantitative estimate of drug-likeness (QED) is 0.820. The maximum atomic E-state index is 4.39. The minimum atomic E-state index is 0.205. The van der Waals surface area contributed by atoms with Crippen molar-refractivity contribution in [1.82, 2.24) is 14.9 Å². The van der Waals surface area contributed by atoms with Gasteiger partial charge >= 0.3 is 0 Å². The fourth-order valence-corrected chi connectivity index (χ4v) is 1.90. The fourth-order valence-electron chi connectivity index (χ4n) is 1.90. The first-order chi connectivity index (χ1) is 8.06. The highest BCUT2D eigenvalue weighted by atomic mass is 15.0. The number of rotatable bonds is 4. The monoisotopic (exact) mass is 231 g/mol. The molecule has 0 unspecified atom stereocenters. The second-order valence-electron chi connectivity index (χ2n) is 5.46. The Bertz CT molecular complexity index is 479. The van der Waals surface area contributed by atoms with Crippen LogP contribution in [-0.2, 0) is 6.54 Å². The van der Waals surface area contributed by atoms with Crippen molar-refractivity contribution in [2.24, 2.45) is 0 Å². The number of aryl methyl sites for hydroxylation is 1. The first kappa shape index (κ1) is 12.1. The van der Waals surface area contributed by atoms with E-state index in [0.29, 0.717) is 0 Å². The zero-order valence-electron chi connectivity index (χ0n) is 10.9. The van der Waals surface area contributed by atoms with Gasteiger partial charge in [-0.15, -0.1) is 0 Å². The molecular formula is C14H21N3. The highest BCUT2D eigenvalue weighted by Crippen LogP contribution is 2.12. The van der Waals surface area contributed by atoms with Crippen molar-refractivity contribution in [3.05, 3.63) is 30.6 Å². The van der Waals surface area contributed by atoms with Crippen LogP contribution in [0.2, 0.25) is 0 Å². The van der Waals surface area contributed by atoms with Gasteiger partial charge in [-0.3, -0.25) is 0 Å². The van der Waals surface area contributed by atoms with Crippen LogP contribution < -0.4 is 5.32 Å². The van der Waals surface area contributed by atoms with E-state index < -0.39 is 0 Å². The number of nitrogens with zero attached hydrogens (tertiary/aromatic N) is 2. The summed E-state index contributed by atoms with van der Waals surface area (Å²) in [5, 5.41) is 3.50. The lowest BCUT2D eigenvalue weighted by molar-refractivity contribution is 0.414. The smallest absolute Gasteiger partial charge is 0.0958 e. The Kier molecular flexibility index (Phi) is 3.48. The number of imidazole rings is 1. The summed E-state index contributed by atoms with van der Waals surface area (Å²) in [7, 11) is 0. The Morgan fingerprint density at radius 3 is 2.76 bits per heavy atom. The zero-order chi connectivity index (χ0) is 12.3. The van der Waals surface area contributed by atoms with E-state index in [1.54, 1.807) is 0 Å². The molecule has 0 fully saturated rings. The summed E-state index contributed by atoms with van der Waals surface area (Å²) in [6.07, 6.45) is 3.05. The van der Waals surface area contributed by atoms with E-state index in [2.05, 4.69) is 53.8 Å². The molecule has 0 radical (unpaired) electrons. The number of para-hydroxylation sites is 2. The number of aromatic nitrogens is 2. The summed E-state index contributed by atoms with van der Waals surface area (Å²) >= 11 is 0. The molecule has 1 N–H and O–H groups in total. The largest absolute Gasteiger partial charge is 0.331 e. The van der Waals surface area contributed by atoms with Gasteiger partial charge < -0.3 is 9.88 Å². The first-order valence-electron chi connectivity index (χ1n) is 6.21. The van der Waals surface area contributed by atoms with Crippen molar-refractivity contribution in [3.63, 3.8) is 0 Å². The van der Waals surface area contributed by atoms with Crippen LogP contribution in [0.3, 0.4) is 0 Å². The number of nitrogens with one attached hydrogen (secondary N) is 1. The molecule has 0 aliphatic heterocycles. The minimum Gasteiger partial charge on any atom is -0.331 e. The van der Waals surface area contributed by atoms with Crippen molar-refractivity contribution in [3.8, 4) is 0 Å². The van der Waals surface area contributed by atoms with Crippen LogP contribution in [0.5, 0.6) is 0 Å². The Labute approximate surface area is 103 Å². The van der Waals surface area contributed by atoms with Gasteiger partial charge in [0.1, 0.15) is 0 Å². The van der Waals surface area contributed by atoms with E-state index in [1.807, 2.05) is 12.4 Å². The van der Waals surface area contributed by atoms with Gasteiger partial charge in [0.15, 0.2) is 0 Å². The van der Waals surface area contributed by atoms with Crippen LogP contribution in [0.4, 0.5) is 0 Å². The van der Waals surface area contributed by atoms with Crippen molar-refractivity contribution in [1.29, 1.82) is 0 Å². The second kappa shape index (κ2) is 4.88. The average Bonchev–Trinajstić information content (AvgIpc) is 2.67. The van der Waals surface area contributed by atoms with Crippen LogP contribution in [0.1, 0.15) is 27.2 Å². The number of hydrogen-bond acceptors (Lipinski definition) is 2. The van der Waals surface area contributed by atoms with Crippen LogP contribution in [0, 0.1) is 0 Å². The summed E-state index contributed by atoms with van der Waals surface area (Å²) in [6.45, 7) is 8.64. The lowest BCUT2D eigenvalue weighted by Gasteiger charge is -2.20. The summed E-state index contributed by atoms with van der Waals surface area (Å²) in [4.78, 5) is 4.39. The average molecular weight is 231 g/mol. The SMILES string of the molecule is CC(C)(C)NCCCn1cnc2ccccc21. The predicted molar refractivity (Wildman–Crippen MR) is 72.1 cm³/mol. The maximum Gasteiger partial charge on any atom is 0.0958 e. The molecule has 17 heavy (non-hydrogen) atoms. The minimum absolute atomic E-state index is 0.205. The van der Waals surface area contributed by atoms with Crippen LogP contribution in [-0.4, -0.2) is 21.6 Å². The van der Waals surface area contributed by atoms with Crippen molar-refractivity contribution in [2.45, 2.75) is 39.3 Å². The van der Waals surface area contributed by atoms with E-state index in [4.69, 9.17) is 0 Å². The van der Waals surface area contributed by atoms with Crippen LogP contribution >= 0.6 is 0 Å². The molecule has 0 atom stereocenters. The van der Waals surface area contributed by atoms with Crippen LogP contribution in [0.25, 0.3) is 11.0 Å².